The highest BCUT2D eigenvalue weighted by molar-refractivity contribution is 5.59. The summed E-state index contributed by atoms with van der Waals surface area (Å²) in [5.41, 5.74) is 2.79. The van der Waals surface area contributed by atoms with Crippen LogP contribution >= 0.6 is 0 Å². The molecule has 1 N–H and O–H groups in total. The number of benzene rings is 2. The van der Waals surface area contributed by atoms with Gasteiger partial charge in [-0.1, -0.05) is 30.3 Å². The van der Waals surface area contributed by atoms with E-state index in [2.05, 4.69) is 15.9 Å². The summed E-state index contributed by atoms with van der Waals surface area (Å²) in [4.78, 5) is 4.49. The van der Waals surface area contributed by atoms with E-state index in [1.807, 2.05) is 55.5 Å². The molecule has 26 heavy (non-hydrogen) atoms. The van der Waals surface area contributed by atoms with Gasteiger partial charge in [0.15, 0.2) is 0 Å². The number of β-amino-alcohol motifs (C(OH)–C–C–N with tert-alkyl or cyclic N) is 1. The molecule has 1 unspecified atom stereocenters. The number of aliphatic hydroxyl groups excluding tert-OH is 1. The maximum atomic E-state index is 10.3. The van der Waals surface area contributed by atoms with Crippen LogP contribution < -0.4 is 9.64 Å². The van der Waals surface area contributed by atoms with Crippen molar-refractivity contribution in [3.8, 4) is 11.8 Å². The molecule has 3 rings (SSSR count). The minimum atomic E-state index is -0.521. The summed E-state index contributed by atoms with van der Waals surface area (Å²) >= 11 is 0. The van der Waals surface area contributed by atoms with Gasteiger partial charge in [-0.15, -0.1) is 0 Å². The van der Waals surface area contributed by atoms with Gasteiger partial charge in [-0.05, 0) is 30.7 Å². The molecule has 2 aromatic rings. The first kappa shape index (κ1) is 18.2. The second-order valence-corrected chi connectivity index (χ2v) is 6.65. The Labute approximate surface area is 155 Å². The van der Waals surface area contributed by atoms with Gasteiger partial charge in [0.1, 0.15) is 24.5 Å². The Bertz CT molecular complexity index is 764. The summed E-state index contributed by atoms with van der Waals surface area (Å²) in [7, 11) is 0. The number of anilines is 1. The van der Waals surface area contributed by atoms with Crippen molar-refractivity contribution in [2.75, 3.05) is 44.2 Å². The van der Waals surface area contributed by atoms with E-state index < -0.39 is 6.10 Å². The number of para-hydroxylation sites is 2. The van der Waals surface area contributed by atoms with Crippen molar-refractivity contribution in [1.82, 2.24) is 4.90 Å². The molecule has 1 heterocycles. The number of aryl methyl sites for hydroxylation is 1. The van der Waals surface area contributed by atoms with Gasteiger partial charge in [-0.25, -0.2) is 0 Å². The number of hydrogen-bond donors (Lipinski definition) is 1. The Morgan fingerprint density at radius 2 is 1.77 bits per heavy atom. The molecule has 5 nitrogen and oxygen atoms in total. The Balaban J connectivity index is 1.46. The fourth-order valence-corrected chi connectivity index (χ4v) is 3.27. The van der Waals surface area contributed by atoms with Gasteiger partial charge in [0.2, 0.25) is 0 Å². The summed E-state index contributed by atoms with van der Waals surface area (Å²) in [6.45, 7) is 6.32. The van der Waals surface area contributed by atoms with Gasteiger partial charge in [-0.2, -0.15) is 5.26 Å². The highest BCUT2D eigenvalue weighted by atomic mass is 16.5. The SMILES string of the molecule is Cc1ccccc1OCC(O)CN1CCN(c2ccccc2C#N)CC1. The third-order valence-corrected chi connectivity index (χ3v) is 4.73. The van der Waals surface area contributed by atoms with Gasteiger partial charge >= 0.3 is 0 Å². The molecule has 1 fully saturated rings. The third kappa shape index (κ3) is 4.54. The molecule has 1 saturated heterocycles. The third-order valence-electron chi connectivity index (χ3n) is 4.73. The van der Waals surface area contributed by atoms with Crippen molar-refractivity contribution in [2.45, 2.75) is 13.0 Å². The molecule has 2 aromatic carbocycles. The van der Waals surface area contributed by atoms with E-state index in [0.717, 1.165) is 43.2 Å². The van der Waals surface area contributed by atoms with Crippen LogP contribution in [-0.2, 0) is 0 Å². The molecule has 136 valence electrons. The van der Waals surface area contributed by atoms with E-state index in [9.17, 15) is 10.4 Å². The van der Waals surface area contributed by atoms with E-state index >= 15 is 0 Å². The number of nitriles is 1. The molecule has 1 atom stereocenters. The molecular formula is C21H25N3O2. The fraction of sp³-hybridized carbons (Fsp3) is 0.381. The smallest absolute Gasteiger partial charge is 0.122 e. The summed E-state index contributed by atoms with van der Waals surface area (Å²) < 4.78 is 5.74. The Morgan fingerprint density at radius 1 is 1.08 bits per heavy atom. The van der Waals surface area contributed by atoms with Crippen LogP contribution in [0, 0.1) is 18.3 Å². The minimum Gasteiger partial charge on any atom is -0.491 e. The van der Waals surface area contributed by atoms with Gasteiger partial charge in [0.25, 0.3) is 0 Å². The number of aliphatic hydroxyl groups is 1. The molecule has 0 spiro atoms. The monoisotopic (exact) mass is 351 g/mol. The largest absolute Gasteiger partial charge is 0.491 e. The van der Waals surface area contributed by atoms with Crippen molar-refractivity contribution >= 4 is 5.69 Å². The first-order valence-corrected chi connectivity index (χ1v) is 9.00. The quantitative estimate of drug-likeness (QED) is 0.866. The van der Waals surface area contributed by atoms with Crippen molar-refractivity contribution in [3.63, 3.8) is 0 Å². The number of piperazine rings is 1. The molecule has 1 aliphatic rings. The van der Waals surface area contributed by atoms with Crippen LogP contribution in [0.3, 0.4) is 0 Å². The highest BCUT2D eigenvalue weighted by Gasteiger charge is 2.21. The Kier molecular flexibility index (Phi) is 6.11. The molecule has 0 saturated carbocycles. The van der Waals surface area contributed by atoms with Crippen molar-refractivity contribution in [1.29, 1.82) is 5.26 Å². The number of rotatable bonds is 6. The van der Waals surface area contributed by atoms with Crippen molar-refractivity contribution in [3.05, 3.63) is 59.7 Å². The summed E-state index contributed by atoms with van der Waals surface area (Å²) in [5, 5.41) is 19.6. The molecule has 0 aliphatic carbocycles. The lowest BCUT2D eigenvalue weighted by atomic mass is 10.1. The topological polar surface area (TPSA) is 59.7 Å². The maximum absolute atomic E-state index is 10.3. The zero-order valence-corrected chi connectivity index (χ0v) is 15.1. The zero-order chi connectivity index (χ0) is 18.4. The van der Waals surface area contributed by atoms with Gasteiger partial charge in [0.05, 0.1) is 11.3 Å². The van der Waals surface area contributed by atoms with Crippen molar-refractivity contribution in [2.24, 2.45) is 0 Å². The van der Waals surface area contributed by atoms with Crippen molar-refractivity contribution < 1.29 is 9.84 Å². The fourth-order valence-electron chi connectivity index (χ4n) is 3.27. The predicted molar refractivity (Wildman–Crippen MR) is 102 cm³/mol. The Hall–Kier alpha value is -2.55. The normalized spacial score (nSPS) is 16.1. The van der Waals surface area contributed by atoms with Crippen LogP contribution in [-0.4, -0.2) is 55.4 Å². The standard InChI is InChI=1S/C21H25N3O2/c1-17-6-2-5-9-21(17)26-16-19(25)15-23-10-12-24(13-11-23)20-8-4-3-7-18(20)14-22/h2-9,19,25H,10-13,15-16H2,1H3. The first-order chi connectivity index (χ1) is 12.7. The van der Waals surface area contributed by atoms with E-state index in [0.29, 0.717) is 18.7 Å². The number of ether oxygens (including phenoxy) is 1. The zero-order valence-electron chi connectivity index (χ0n) is 15.1. The van der Waals surface area contributed by atoms with E-state index in [1.165, 1.54) is 0 Å². The Morgan fingerprint density at radius 3 is 2.50 bits per heavy atom. The van der Waals surface area contributed by atoms with E-state index in [-0.39, 0.29) is 0 Å². The molecule has 0 amide bonds. The summed E-state index contributed by atoms with van der Waals surface area (Å²) in [5.74, 6) is 0.824. The maximum Gasteiger partial charge on any atom is 0.122 e. The summed E-state index contributed by atoms with van der Waals surface area (Å²) in [6, 6.07) is 17.8. The van der Waals surface area contributed by atoms with Gasteiger partial charge in [-0.3, -0.25) is 4.90 Å². The van der Waals surface area contributed by atoms with Crippen LogP contribution in [0.25, 0.3) is 0 Å². The van der Waals surface area contributed by atoms with Crippen LogP contribution in [0.5, 0.6) is 5.75 Å². The second-order valence-electron chi connectivity index (χ2n) is 6.65. The van der Waals surface area contributed by atoms with Gasteiger partial charge in [0, 0.05) is 32.7 Å². The average molecular weight is 351 g/mol. The average Bonchev–Trinajstić information content (AvgIpc) is 2.68. The molecule has 0 bridgehead atoms. The van der Waals surface area contributed by atoms with E-state index in [1.54, 1.807) is 0 Å². The minimum absolute atomic E-state index is 0.294. The highest BCUT2D eigenvalue weighted by Crippen LogP contribution is 2.21. The van der Waals surface area contributed by atoms with Crippen LogP contribution in [0.2, 0.25) is 0 Å². The second kappa shape index (κ2) is 8.70. The number of hydrogen-bond acceptors (Lipinski definition) is 5. The molecule has 5 heteroatoms. The van der Waals surface area contributed by atoms with E-state index in [4.69, 9.17) is 4.74 Å². The van der Waals surface area contributed by atoms with Crippen LogP contribution in [0.4, 0.5) is 5.69 Å². The van der Waals surface area contributed by atoms with Gasteiger partial charge < -0.3 is 14.7 Å². The lowest BCUT2D eigenvalue weighted by Crippen LogP contribution is -2.49. The van der Waals surface area contributed by atoms with Crippen LogP contribution in [0.15, 0.2) is 48.5 Å². The first-order valence-electron chi connectivity index (χ1n) is 9.00. The molecular weight excluding hydrogens is 326 g/mol. The molecule has 1 aliphatic heterocycles. The predicted octanol–water partition coefficient (Wildman–Crippen LogP) is 2.43. The lowest BCUT2D eigenvalue weighted by molar-refractivity contribution is 0.0661. The molecule has 0 radical (unpaired) electrons. The molecule has 0 aromatic heterocycles. The van der Waals surface area contributed by atoms with Crippen LogP contribution in [0.1, 0.15) is 11.1 Å². The lowest BCUT2D eigenvalue weighted by Gasteiger charge is -2.37. The number of nitrogens with zero attached hydrogens (tertiary/aromatic N) is 3. The summed E-state index contributed by atoms with van der Waals surface area (Å²) in [6.07, 6.45) is -0.521.